The summed E-state index contributed by atoms with van der Waals surface area (Å²) in [4.78, 5) is 14.6. The number of rotatable bonds is 10. The molecule has 0 radical (unpaired) electrons. The van der Waals surface area contributed by atoms with Crippen LogP contribution >= 0.6 is 0 Å². The number of halogens is 1. The van der Waals surface area contributed by atoms with Crippen LogP contribution in [0.5, 0.6) is 5.75 Å². The van der Waals surface area contributed by atoms with Gasteiger partial charge in [-0.1, -0.05) is 38.1 Å². The minimum absolute atomic E-state index is 0.0496. The van der Waals surface area contributed by atoms with Crippen molar-refractivity contribution in [3.05, 3.63) is 89.1 Å². The van der Waals surface area contributed by atoms with E-state index >= 15 is 0 Å². The monoisotopic (exact) mass is 438 g/mol. The first-order valence-electron chi connectivity index (χ1n) is 10.8. The number of furan rings is 1. The van der Waals surface area contributed by atoms with Crippen molar-refractivity contribution < 1.29 is 18.3 Å². The summed E-state index contributed by atoms with van der Waals surface area (Å²) in [5.74, 6) is 1.59. The molecule has 1 heterocycles. The Balaban J connectivity index is 1.76. The number of ether oxygens (including phenoxy) is 1. The molecule has 1 aromatic heterocycles. The molecule has 5 nitrogen and oxygen atoms in total. The smallest absolute Gasteiger partial charge is 0.287 e. The highest BCUT2D eigenvalue weighted by molar-refractivity contribution is 5.91. The molecule has 3 aromatic rings. The van der Waals surface area contributed by atoms with Gasteiger partial charge >= 0.3 is 0 Å². The van der Waals surface area contributed by atoms with Crippen molar-refractivity contribution in [3.8, 4) is 5.75 Å². The quantitative estimate of drug-likeness (QED) is 0.460. The van der Waals surface area contributed by atoms with E-state index in [4.69, 9.17) is 9.15 Å². The topological polar surface area (TPSA) is 54.7 Å². The second-order valence-electron chi connectivity index (χ2n) is 8.40. The summed E-state index contributed by atoms with van der Waals surface area (Å²) in [6, 6.07) is 18.0. The maximum absolute atomic E-state index is 13.7. The summed E-state index contributed by atoms with van der Waals surface area (Å²) in [6.45, 7) is 7.70. The SMILES string of the molecule is COc1cccc(CN(Cc2cccc(F)c2)Cc2ccc(C(=O)NC(C)C(C)C)o2)c1. The molecule has 2 aromatic carbocycles. The van der Waals surface area contributed by atoms with Gasteiger partial charge in [-0.25, -0.2) is 4.39 Å². The second-order valence-corrected chi connectivity index (χ2v) is 8.40. The molecule has 3 rings (SSSR count). The number of nitrogens with one attached hydrogen (secondary N) is 1. The van der Waals surface area contributed by atoms with Crippen LogP contribution in [-0.4, -0.2) is 24.0 Å². The Kier molecular flexibility index (Phi) is 8.06. The van der Waals surface area contributed by atoms with Crippen LogP contribution in [0.4, 0.5) is 4.39 Å². The largest absolute Gasteiger partial charge is 0.497 e. The molecule has 1 atom stereocenters. The molecule has 32 heavy (non-hydrogen) atoms. The second kappa shape index (κ2) is 11.0. The fourth-order valence-corrected chi connectivity index (χ4v) is 3.34. The predicted molar refractivity (Wildman–Crippen MR) is 123 cm³/mol. The lowest BCUT2D eigenvalue weighted by Crippen LogP contribution is -2.35. The van der Waals surface area contributed by atoms with E-state index in [-0.39, 0.29) is 17.8 Å². The van der Waals surface area contributed by atoms with Gasteiger partial charge in [0.15, 0.2) is 5.76 Å². The van der Waals surface area contributed by atoms with Crippen LogP contribution in [0.1, 0.15) is 48.2 Å². The van der Waals surface area contributed by atoms with E-state index in [1.807, 2.05) is 43.3 Å². The van der Waals surface area contributed by atoms with Crippen molar-refractivity contribution >= 4 is 5.91 Å². The fraction of sp³-hybridized carbons (Fsp3) is 0.346. The molecular weight excluding hydrogens is 407 g/mol. The Bertz CT molecular complexity index is 1030. The Morgan fingerprint density at radius 1 is 1.00 bits per heavy atom. The average molecular weight is 439 g/mol. The normalized spacial score (nSPS) is 12.2. The summed E-state index contributed by atoms with van der Waals surface area (Å²) in [5, 5.41) is 2.96. The maximum Gasteiger partial charge on any atom is 0.287 e. The molecule has 0 saturated heterocycles. The van der Waals surface area contributed by atoms with Crippen LogP contribution in [0.15, 0.2) is 65.1 Å². The Morgan fingerprint density at radius 2 is 1.69 bits per heavy atom. The third kappa shape index (κ3) is 6.69. The van der Waals surface area contributed by atoms with Crippen LogP contribution in [-0.2, 0) is 19.6 Å². The van der Waals surface area contributed by atoms with Crippen molar-refractivity contribution in [1.29, 1.82) is 0 Å². The van der Waals surface area contributed by atoms with Gasteiger partial charge in [0.25, 0.3) is 5.91 Å². The van der Waals surface area contributed by atoms with Gasteiger partial charge in [0, 0.05) is 19.1 Å². The van der Waals surface area contributed by atoms with E-state index in [0.717, 1.165) is 16.9 Å². The molecule has 6 heteroatoms. The number of nitrogens with zero attached hydrogens (tertiary/aromatic N) is 1. The lowest BCUT2D eigenvalue weighted by Gasteiger charge is -2.22. The number of methoxy groups -OCH3 is 1. The van der Waals surface area contributed by atoms with Crippen LogP contribution < -0.4 is 10.1 Å². The lowest BCUT2D eigenvalue weighted by atomic mass is 10.1. The van der Waals surface area contributed by atoms with Crippen LogP contribution in [0.3, 0.4) is 0 Å². The summed E-state index contributed by atoms with van der Waals surface area (Å²) in [5.41, 5.74) is 1.93. The average Bonchev–Trinajstić information content (AvgIpc) is 3.22. The van der Waals surface area contributed by atoms with Crippen LogP contribution in [0, 0.1) is 11.7 Å². The third-order valence-corrected chi connectivity index (χ3v) is 5.46. The summed E-state index contributed by atoms with van der Waals surface area (Å²) in [7, 11) is 1.64. The van der Waals surface area contributed by atoms with E-state index < -0.39 is 0 Å². The van der Waals surface area contributed by atoms with Crippen LogP contribution in [0.25, 0.3) is 0 Å². The zero-order valence-corrected chi connectivity index (χ0v) is 19.1. The van der Waals surface area contributed by atoms with E-state index in [1.54, 1.807) is 19.2 Å². The van der Waals surface area contributed by atoms with Gasteiger partial charge in [-0.05, 0) is 60.4 Å². The minimum Gasteiger partial charge on any atom is -0.497 e. The van der Waals surface area contributed by atoms with Gasteiger partial charge in [-0.2, -0.15) is 0 Å². The van der Waals surface area contributed by atoms with Gasteiger partial charge in [0.05, 0.1) is 13.7 Å². The number of carbonyl (C=O) groups is 1. The molecule has 0 aliphatic heterocycles. The summed E-state index contributed by atoms with van der Waals surface area (Å²) >= 11 is 0. The zero-order valence-electron chi connectivity index (χ0n) is 19.1. The van der Waals surface area contributed by atoms with Crippen molar-refractivity contribution in [2.24, 2.45) is 5.92 Å². The van der Waals surface area contributed by atoms with Gasteiger partial charge in [0.2, 0.25) is 0 Å². The first-order chi connectivity index (χ1) is 15.3. The number of amides is 1. The molecule has 1 unspecified atom stereocenters. The number of carbonyl (C=O) groups excluding carboxylic acids is 1. The zero-order chi connectivity index (χ0) is 23.1. The van der Waals surface area contributed by atoms with Crippen molar-refractivity contribution in [1.82, 2.24) is 10.2 Å². The molecule has 1 amide bonds. The van der Waals surface area contributed by atoms with Gasteiger partial charge in [-0.15, -0.1) is 0 Å². The van der Waals surface area contributed by atoms with E-state index in [2.05, 4.69) is 24.1 Å². The van der Waals surface area contributed by atoms with Crippen molar-refractivity contribution in [2.75, 3.05) is 7.11 Å². The van der Waals surface area contributed by atoms with Gasteiger partial charge in [-0.3, -0.25) is 9.69 Å². The molecule has 170 valence electrons. The third-order valence-electron chi connectivity index (χ3n) is 5.46. The number of hydrogen-bond donors (Lipinski definition) is 1. The standard InChI is InChI=1S/C26H31FN2O3/c1-18(2)19(3)28-26(30)25-12-11-24(32-25)17-29(15-20-7-5-9-22(27)13-20)16-21-8-6-10-23(14-21)31-4/h5-14,18-19H,15-17H2,1-4H3,(H,28,30). The fourth-order valence-electron chi connectivity index (χ4n) is 3.34. The highest BCUT2D eigenvalue weighted by Gasteiger charge is 2.17. The summed E-state index contributed by atoms with van der Waals surface area (Å²) < 4.78 is 24.9. The maximum atomic E-state index is 13.7. The van der Waals surface area contributed by atoms with Crippen molar-refractivity contribution in [3.63, 3.8) is 0 Å². The molecule has 0 aliphatic carbocycles. The molecule has 0 aliphatic rings. The Hall–Kier alpha value is -3.12. The van der Waals surface area contributed by atoms with E-state index in [0.29, 0.717) is 37.1 Å². The first kappa shape index (κ1) is 23.5. The highest BCUT2D eigenvalue weighted by Crippen LogP contribution is 2.19. The first-order valence-corrected chi connectivity index (χ1v) is 10.8. The molecule has 1 N–H and O–H groups in total. The highest BCUT2D eigenvalue weighted by atomic mass is 19.1. The molecule has 0 spiro atoms. The van der Waals surface area contributed by atoms with E-state index in [9.17, 15) is 9.18 Å². The molecular formula is C26H31FN2O3. The number of benzene rings is 2. The predicted octanol–water partition coefficient (Wildman–Crippen LogP) is 5.40. The van der Waals surface area contributed by atoms with Crippen molar-refractivity contribution in [2.45, 2.75) is 46.4 Å². The molecule has 0 bridgehead atoms. The summed E-state index contributed by atoms with van der Waals surface area (Å²) in [6.07, 6.45) is 0. The van der Waals surface area contributed by atoms with Crippen LogP contribution in [0.2, 0.25) is 0 Å². The number of hydrogen-bond acceptors (Lipinski definition) is 4. The molecule has 0 saturated carbocycles. The molecule has 0 fully saturated rings. The van der Waals surface area contributed by atoms with Gasteiger partial charge in [0.1, 0.15) is 17.3 Å². The van der Waals surface area contributed by atoms with Gasteiger partial charge < -0.3 is 14.5 Å². The minimum atomic E-state index is -0.264. The Morgan fingerprint density at radius 3 is 2.34 bits per heavy atom. The van der Waals surface area contributed by atoms with E-state index in [1.165, 1.54) is 12.1 Å². The lowest BCUT2D eigenvalue weighted by molar-refractivity contribution is 0.0898. The Labute approximate surface area is 189 Å².